The monoisotopic (exact) mass is 367 g/mol. The molecule has 2 aromatic rings. The van der Waals surface area contributed by atoms with Crippen LogP contribution in [0.25, 0.3) is 0 Å². The van der Waals surface area contributed by atoms with E-state index in [1.165, 1.54) is 5.56 Å². The second-order valence-electron chi connectivity index (χ2n) is 7.43. The SMILES string of the molecule is C=CC[N+]1(C(=O)c2ccccc2Cl)CC2(CCNCC2)c2ccccc21. The lowest BCUT2D eigenvalue weighted by atomic mass is 9.75. The Balaban J connectivity index is 1.90. The molecular formula is C22H24ClN2O+. The van der Waals surface area contributed by atoms with Crippen LogP contribution in [0.3, 0.4) is 0 Å². The van der Waals surface area contributed by atoms with Crippen LogP contribution in [0.1, 0.15) is 28.8 Å². The summed E-state index contributed by atoms with van der Waals surface area (Å²) in [6, 6.07) is 15.8. The Kier molecular flexibility index (Phi) is 4.47. The number of piperidine rings is 1. The van der Waals surface area contributed by atoms with Gasteiger partial charge < -0.3 is 5.32 Å². The van der Waals surface area contributed by atoms with Crippen LogP contribution in [0.4, 0.5) is 5.69 Å². The van der Waals surface area contributed by atoms with E-state index in [4.69, 9.17) is 11.6 Å². The van der Waals surface area contributed by atoms with E-state index in [2.05, 4.69) is 30.1 Å². The van der Waals surface area contributed by atoms with Gasteiger partial charge in [0.15, 0.2) is 0 Å². The maximum Gasteiger partial charge on any atom is 0.352 e. The van der Waals surface area contributed by atoms with Gasteiger partial charge in [-0.1, -0.05) is 48.5 Å². The molecule has 4 rings (SSSR count). The fraction of sp³-hybridized carbons (Fsp3) is 0.318. The highest BCUT2D eigenvalue weighted by atomic mass is 35.5. The number of nitrogens with one attached hydrogen (secondary N) is 1. The zero-order valence-corrected chi connectivity index (χ0v) is 15.6. The van der Waals surface area contributed by atoms with Crippen molar-refractivity contribution >= 4 is 23.2 Å². The van der Waals surface area contributed by atoms with Crippen molar-refractivity contribution in [2.75, 3.05) is 26.2 Å². The van der Waals surface area contributed by atoms with Gasteiger partial charge in [0, 0.05) is 5.56 Å². The number of carbonyl (C=O) groups excluding carboxylic acids is 1. The largest absolute Gasteiger partial charge is 0.352 e. The van der Waals surface area contributed by atoms with Gasteiger partial charge in [-0.25, -0.2) is 9.28 Å². The molecule has 0 aliphatic carbocycles. The topological polar surface area (TPSA) is 29.1 Å². The minimum absolute atomic E-state index is 0.0434. The number of hydrogen-bond acceptors (Lipinski definition) is 2. The fourth-order valence-corrected chi connectivity index (χ4v) is 5.04. The summed E-state index contributed by atoms with van der Waals surface area (Å²) in [6.07, 6.45) is 3.97. The minimum Gasteiger partial charge on any atom is -0.317 e. The average Bonchev–Trinajstić information content (AvgIpc) is 2.93. The van der Waals surface area contributed by atoms with Crippen LogP contribution in [0.5, 0.6) is 0 Å². The van der Waals surface area contributed by atoms with Crippen LogP contribution in [0.15, 0.2) is 61.2 Å². The normalized spacial score (nSPS) is 23.6. The summed E-state index contributed by atoms with van der Waals surface area (Å²) in [4.78, 5) is 13.8. The second kappa shape index (κ2) is 6.66. The van der Waals surface area contributed by atoms with Gasteiger partial charge in [0.2, 0.25) is 0 Å². The van der Waals surface area contributed by atoms with Gasteiger partial charge in [0.1, 0.15) is 18.8 Å². The highest BCUT2D eigenvalue weighted by Crippen LogP contribution is 2.50. The molecule has 1 N–H and O–H groups in total. The lowest BCUT2D eigenvalue weighted by molar-refractivity contribution is 0.0759. The van der Waals surface area contributed by atoms with Crippen LogP contribution in [-0.4, -0.2) is 32.1 Å². The third-order valence-corrected chi connectivity index (χ3v) is 6.33. The molecule has 134 valence electrons. The Hall–Kier alpha value is -1.94. The number of quaternary nitrogens is 1. The predicted octanol–water partition coefficient (Wildman–Crippen LogP) is 4.31. The van der Waals surface area contributed by atoms with Crippen molar-refractivity contribution in [3.05, 3.63) is 77.3 Å². The number of halogens is 1. The van der Waals surface area contributed by atoms with Gasteiger partial charge in [-0.05, 0) is 50.2 Å². The zero-order valence-electron chi connectivity index (χ0n) is 14.9. The van der Waals surface area contributed by atoms with Gasteiger partial charge in [0.05, 0.1) is 16.0 Å². The molecule has 3 nitrogen and oxygen atoms in total. The molecule has 26 heavy (non-hydrogen) atoms. The van der Waals surface area contributed by atoms with Crippen LogP contribution < -0.4 is 9.80 Å². The molecule has 1 fully saturated rings. The summed E-state index contributed by atoms with van der Waals surface area (Å²) in [5, 5.41) is 3.98. The first-order valence-corrected chi connectivity index (χ1v) is 9.59. The number of para-hydroxylation sites is 1. The maximum absolute atomic E-state index is 13.8. The molecule has 2 aliphatic heterocycles. The van der Waals surface area contributed by atoms with Crippen molar-refractivity contribution in [3.63, 3.8) is 0 Å². The molecule has 1 amide bonds. The number of rotatable bonds is 3. The summed E-state index contributed by atoms with van der Waals surface area (Å²) < 4.78 is 0.281. The summed E-state index contributed by atoms with van der Waals surface area (Å²) >= 11 is 6.40. The number of hydrogen-bond donors (Lipinski definition) is 1. The average molecular weight is 368 g/mol. The first-order chi connectivity index (χ1) is 12.6. The van der Waals surface area contributed by atoms with Crippen molar-refractivity contribution < 1.29 is 4.79 Å². The van der Waals surface area contributed by atoms with E-state index in [-0.39, 0.29) is 15.8 Å². The second-order valence-corrected chi connectivity index (χ2v) is 7.84. The molecule has 2 heterocycles. The first kappa shape index (κ1) is 17.5. The van der Waals surface area contributed by atoms with Gasteiger partial charge in [-0.3, -0.25) is 0 Å². The van der Waals surface area contributed by atoms with Crippen LogP contribution in [-0.2, 0) is 5.41 Å². The maximum atomic E-state index is 13.8. The van der Waals surface area contributed by atoms with Crippen molar-refractivity contribution in [2.24, 2.45) is 0 Å². The molecule has 1 unspecified atom stereocenters. The smallest absolute Gasteiger partial charge is 0.317 e. The lowest BCUT2D eigenvalue weighted by Crippen LogP contribution is -2.57. The number of carbonyl (C=O) groups is 1. The van der Waals surface area contributed by atoms with Crippen molar-refractivity contribution in [1.82, 2.24) is 9.80 Å². The molecule has 0 saturated carbocycles. The highest BCUT2D eigenvalue weighted by molar-refractivity contribution is 6.34. The highest BCUT2D eigenvalue weighted by Gasteiger charge is 2.57. The molecular weight excluding hydrogens is 344 g/mol. The Morgan fingerprint density at radius 1 is 1.15 bits per heavy atom. The quantitative estimate of drug-likeness (QED) is 0.647. The zero-order chi connectivity index (χ0) is 18.2. The van der Waals surface area contributed by atoms with Gasteiger partial charge in [0.25, 0.3) is 0 Å². The van der Waals surface area contributed by atoms with E-state index >= 15 is 0 Å². The third-order valence-electron chi connectivity index (χ3n) is 6.00. The molecule has 1 saturated heterocycles. The number of benzene rings is 2. The Bertz CT molecular complexity index is 857. The van der Waals surface area contributed by atoms with Crippen molar-refractivity contribution in [2.45, 2.75) is 18.3 Å². The van der Waals surface area contributed by atoms with Crippen LogP contribution in [0, 0.1) is 0 Å². The van der Waals surface area contributed by atoms with E-state index in [1.807, 2.05) is 30.3 Å². The van der Waals surface area contributed by atoms with E-state index in [1.54, 1.807) is 6.07 Å². The summed E-state index contributed by atoms with van der Waals surface area (Å²) in [6.45, 7) is 7.30. The molecule has 2 aromatic carbocycles. The first-order valence-electron chi connectivity index (χ1n) is 9.21. The Morgan fingerprint density at radius 3 is 2.58 bits per heavy atom. The van der Waals surface area contributed by atoms with Crippen LogP contribution >= 0.6 is 11.6 Å². The molecule has 1 atom stereocenters. The summed E-state index contributed by atoms with van der Waals surface area (Å²) in [7, 11) is 0. The molecule has 0 bridgehead atoms. The fourth-order valence-electron chi connectivity index (χ4n) is 4.83. The van der Waals surface area contributed by atoms with E-state index in [0.717, 1.165) is 38.2 Å². The van der Waals surface area contributed by atoms with E-state index in [9.17, 15) is 4.79 Å². The summed E-state index contributed by atoms with van der Waals surface area (Å²) in [5.74, 6) is 0.0679. The lowest BCUT2D eigenvalue weighted by Gasteiger charge is -2.36. The van der Waals surface area contributed by atoms with Crippen molar-refractivity contribution in [1.29, 1.82) is 0 Å². The standard InChI is InChI=1S/C22H24ClN2O/c1-2-15-25(21(26)17-7-3-5-9-19(17)23)16-22(11-13-24-14-12-22)18-8-4-6-10-20(18)25/h2-10,24H,1,11-16H2/q+1. The minimum atomic E-state index is 0.0434. The molecule has 0 radical (unpaired) electrons. The van der Waals surface area contributed by atoms with E-state index in [0.29, 0.717) is 17.1 Å². The van der Waals surface area contributed by atoms with Crippen LogP contribution in [0.2, 0.25) is 5.02 Å². The molecule has 4 heteroatoms. The number of amides is 1. The predicted molar refractivity (Wildman–Crippen MR) is 108 cm³/mol. The van der Waals surface area contributed by atoms with Gasteiger partial charge >= 0.3 is 5.91 Å². The Morgan fingerprint density at radius 2 is 1.85 bits per heavy atom. The third kappa shape index (κ3) is 2.54. The molecule has 2 aliphatic rings. The van der Waals surface area contributed by atoms with Gasteiger partial charge in [-0.2, -0.15) is 0 Å². The number of fused-ring (bicyclic) bond motifs is 2. The van der Waals surface area contributed by atoms with Gasteiger partial charge in [-0.15, -0.1) is 0 Å². The Labute approximate surface area is 159 Å². The van der Waals surface area contributed by atoms with E-state index < -0.39 is 0 Å². The molecule has 1 spiro atoms. The summed E-state index contributed by atoms with van der Waals surface area (Å²) in [5.41, 5.74) is 3.07. The molecule has 0 aromatic heterocycles. The van der Waals surface area contributed by atoms with Crippen molar-refractivity contribution in [3.8, 4) is 0 Å². The number of nitrogens with zero attached hydrogens (tertiary/aromatic N) is 1.